The van der Waals surface area contributed by atoms with Crippen LogP contribution in [0.5, 0.6) is 5.75 Å². The molecule has 29 heavy (non-hydrogen) atoms. The minimum atomic E-state index is -0.450. The van der Waals surface area contributed by atoms with Crippen LogP contribution in [0.25, 0.3) is 10.9 Å². The molecule has 0 saturated heterocycles. The smallest absolute Gasteiger partial charge is 0.343 e. The maximum atomic E-state index is 12.6. The van der Waals surface area contributed by atoms with E-state index in [1.54, 1.807) is 48.5 Å². The van der Waals surface area contributed by atoms with E-state index in [2.05, 4.69) is 10.3 Å². The molecule has 0 saturated carbocycles. The number of amides is 1. The SMILES string of the molecule is Cc1ccc2c(OC(=O)c3ccccc3)ccc(NC(=O)c3ccccc3)c2n1. The number of esters is 1. The fourth-order valence-electron chi connectivity index (χ4n) is 3.00. The van der Waals surface area contributed by atoms with Crippen LogP contribution in [0, 0.1) is 6.92 Å². The van der Waals surface area contributed by atoms with Crippen molar-refractivity contribution in [1.82, 2.24) is 4.98 Å². The fraction of sp³-hybridized carbons (Fsp3) is 0.0417. The molecule has 0 unspecified atom stereocenters. The highest BCUT2D eigenvalue weighted by Crippen LogP contribution is 2.31. The predicted octanol–water partition coefficient (Wildman–Crippen LogP) is 5.01. The number of hydrogen-bond acceptors (Lipinski definition) is 4. The molecule has 1 amide bonds. The third-order valence-electron chi connectivity index (χ3n) is 4.45. The Labute approximate surface area is 168 Å². The Kier molecular flexibility index (Phi) is 5.03. The van der Waals surface area contributed by atoms with Gasteiger partial charge in [-0.05, 0) is 55.5 Å². The van der Waals surface area contributed by atoms with Crippen LogP contribution in [-0.2, 0) is 0 Å². The summed E-state index contributed by atoms with van der Waals surface area (Å²) < 4.78 is 5.61. The summed E-state index contributed by atoms with van der Waals surface area (Å²) in [5.41, 5.74) is 2.92. The Morgan fingerprint density at radius 2 is 1.45 bits per heavy atom. The monoisotopic (exact) mass is 382 g/mol. The molecule has 1 heterocycles. The van der Waals surface area contributed by atoms with Crippen molar-refractivity contribution >= 4 is 28.5 Å². The highest BCUT2D eigenvalue weighted by molar-refractivity contribution is 6.09. The second kappa shape index (κ2) is 7.94. The first-order valence-corrected chi connectivity index (χ1v) is 9.16. The van der Waals surface area contributed by atoms with Gasteiger partial charge >= 0.3 is 5.97 Å². The van der Waals surface area contributed by atoms with Crippen LogP contribution >= 0.6 is 0 Å². The van der Waals surface area contributed by atoms with Crippen molar-refractivity contribution in [3.8, 4) is 5.75 Å². The van der Waals surface area contributed by atoms with Crippen LogP contribution in [0.1, 0.15) is 26.4 Å². The lowest BCUT2D eigenvalue weighted by Crippen LogP contribution is -2.13. The lowest BCUT2D eigenvalue weighted by atomic mass is 10.1. The number of nitrogens with one attached hydrogen (secondary N) is 1. The predicted molar refractivity (Wildman–Crippen MR) is 112 cm³/mol. The number of rotatable bonds is 4. The maximum absolute atomic E-state index is 12.6. The van der Waals surface area contributed by atoms with Crippen molar-refractivity contribution in [2.75, 3.05) is 5.32 Å². The topological polar surface area (TPSA) is 68.3 Å². The van der Waals surface area contributed by atoms with Crippen LogP contribution in [0.4, 0.5) is 5.69 Å². The van der Waals surface area contributed by atoms with Gasteiger partial charge in [-0.3, -0.25) is 9.78 Å². The van der Waals surface area contributed by atoms with Gasteiger partial charge in [0.05, 0.1) is 16.8 Å². The van der Waals surface area contributed by atoms with E-state index in [-0.39, 0.29) is 5.91 Å². The van der Waals surface area contributed by atoms with Gasteiger partial charge in [-0.15, -0.1) is 0 Å². The molecular weight excluding hydrogens is 364 g/mol. The lowest BCUT2D eigenvalue weighted by Gasteiger charge is -2.12. The van der Waals surface area contributed by atoms with Crippen LogP contribution in [-0.4, -0.2) is 16.9 Å². The second-order valence-corrected chi connectivity index (χ2v) is 6.54. The van der Waals surface area contributed by atoms with Crippen molar-refractivity contribution < 1.29 is 14.3 Å². The molecule has 4 rings (SSSR count). The van der Waals surface area contributed by atoms with Gasteiger partial charge in [0.2, 0.25) is 0 Å². The normalized spacial score (nSPS) is 10.5. The number of aryl methyl sites for hydroxylation is 1. The van der Waals surface area contributed by atoms with Gasteiger partial charge in [-0.2, -0.15) is 0 Å². The lowest BCUT2D eigenvalue weighted by molar-refractivity contribution is 0.0737. The number of fused-ring (bicyclic) bond motifs is 1. The number of hydrogen-bond donors (Lipinski definition) is 1. The molecule has 0 fully saturated rings. The Balaban J connectivity index is 1.69. The Morgan fingerprint density at radius 1 is 0.793 bits per heavy atom. The standard InChI is InChI=1S/C24H18N2O3/c1-16-12-13-19-21(29-24(28)18-10-6-3-7-11-18)15-14-20(22(19)25-16)26-23(27)17-8-4-2-5-9-17/h2-15H,1H3,(H,26,27). The van der Waals surface area contributed by atoms with E-state index >= 15 is 0 Å². The van der Waals surface area contributed by atoms with Crippen molar-refractivity contribution in [2.24, 2.45) is 0 Å². The third kappa shape index (κ3) is 3.99. The Hall–Kier alpha value is -3.99. The van der Waals surface area contributed by atoms with E-state index in [4.69, 9.17) is 4.74 Å². The summed E-state index contributed by atoms with van der Waals surface area (Å²) in [5, 5.41) is 3.54. The van der Waals surface area contributed by atoms with Crippen LogP contribution < -0.4 is 10.1 Å². The van der Waals surface area contributed by atoms with Gasteiger partial charge in [0.25, 0.3) is 5.91 Å². The molecule has 0 aliphatic carbocycles. The van der Waals surface area contributed by atoms with Crippen molar-refractivity contribution in [3.63, 3.8) is 0 Å². The quantitative estimate of drug-likeness (QED) is 0.398. The summed E-state index contributed by atoms with van der Waals surface area (Å²) in [4.78, 5) is 29.6. The largest absolute Gasteiger partial charge is 0.422 e. The number of nitrogens with zero attached hydrogens (tertiary/aromatic N) is 1. The average molecular weight is 382 g/mol. The second-order valence-electron chi connectivity index (χ2n) is 6.54. The van der Waals surface area contributed by atoms with Crippen LogP contribution in [0.3, 0.4) is 0 Å². The van der Waals surface area contributed by atoms with Crippen molar-refractivity contribution in [1.29, 1.82) is 0 Å². The molecule has 0 radical (unpaired) electrons. The maximum Gasteiger partial charge on any atom is 0.343 e. The van der Waals surface area contributed by atoms with Gasteiger partial charge < -0.3 is 10.1 Å². The highest BCUT2D eigenvalue weighted by atomic mass is 16.5. The summed E-state index contributed by atoms with van der Waals surface area (Å²) in [6, 6.07) is 24.8. The molecule has 0 atom stereocenters. The van der Waals surface area contributed by atoms with E-state index in [0.717, 1.165) is 5.69 Å². The first-order chi connectivity index (χ1) is 14.1. The molecule has 0 aliphatic heterocycles. The first-order valence-electron chi connectivity index (χ1n) is 9.16. The van der Waals surface area contributed by atoms with E-state index in [9.17, 15) is 9.59 Å². The molecule has 0 aliphatic rings. The minimum Gasteiger partial charge on any atom is -0.422 e. The van der Waals surface area contributed by atoms with Gasteiger partial charge in [0.1, 0.15) is 5.75 Å². The van der Waals surface area contributed by atoms with Crippen molar-refractivity contribution in [3.05, 3.63) is 102 Å². The first kappa shape index (κ1) is 18.4. The molecule has 5 heteroatoms. The summed E-state index contributed by atoms with van der Waals surface area (Å²) in [6.45, 7) is 1.87. The van der Waals surface area contributed by atoms with Gasteiger partial charge in [-0.1, -0.05) is 36.4 Å². The Bertz CT molecular complexity index is 1190. The number of aromatic nitrogens is 1. The highest BCUT2D eigenvalue weighted by Gasteiger charge is 2.15. The molecule has 3 aromatic carbocycles. The van der Waals surface area contributed by atoms with E-state index in [1.807, 2.05) is 43.3 Å². The molecule has 1 aromatic heterocycles. The minimum absolute atomic E-state index is 0.232. The van der Waals surface area contributed by atoms with E-state index in [1.165, 1.54) is 0 Å². The molecule has 4 aromatic rings. The molecular formula is C24H18N2O3. The van der Waals surface area contributed by atoms with E-state index < -0.39 is 5.97 Å². The number of carbonyl (C=O) groups is 2. The average Bonchev–Trinajstić information content (AvgIpc) is 2.76. The number of carbonyl (C=O) groups excluding carboxylic acids is 2. The number of benzene rings is 3. The number of pyridine rings is 1. The summed E-state index contributed by atoms with van der Waals surface area (Å²) in [5.74, 6) is -0.295. The van der Waals surface area contributed by atoms with E-state index in [0.29, 0.717) is 33.5 Å². The zero-order valence-electron chi connectivity index (χ0n) is 15.8. The van der Waals surface area contributed by atoms with Crippen LogP contribution in [0.2, 0.25) is 0 Å². The summed E-state index contributed by atoms with van der Waals surface area (Å²) >= 11 is 0. The van der Waals surface area contributed by atoms with Gasteiger partial charge in [0.15, 0.2) is 0 Å². The summed E-state index contributed by atoms with van der Waals surface area (Å²) in [7, 11) is 0. The zero-order valence-corrected chi connectivity index (χ0v) is 15.8. The molecule has 5 nitrogen and oxygen atoms in total. The molecule has 142 valence electrons. The zero-order chi connectivity index (χ0) is 20.2. The Morgan fingerprint density at radius 3 is 2.14 bits per heavy atom. The molecule has 0 bridgehead atoms. The van der Waals surface area contributed by atoms with Gasteiger partial charge in [0, 0.05) is 16.6 Å². The van der Waals surface area contributed by atoms with Gasteiger partial charge in [-0.25, -0.2) is 4.79 Å². The molecule has 0 spiro atoms. The van der Waals surface area contributed by atoms with Crippen LogP contribution in [0.15, 0.2) is 84.9 Å². The number of ether oxygens (including phenoxy) is 1. The third-order valence-corrected chi connectivity index (χ3v) is 4.45. The molecule has 1 N–H and O–H groups in total. The van der Waals surface area contributed by atoms with Crippen molar-refractivity contribution in [2.45, 2.75) is 6.92 Å². The fourth-order valence-corrected chi connectivity index (χ4v) is 3.00. The summed E-state index contributed by atoms with van der Waals surface area (Å²) in [6.07, 6.45) is 0. The number of anilines is 1.